The molecule has 2 rings (SSSR count). The van der Waals surface area contributed by atoms with E-state index >= 15 is 0 Å². The average molecular weight is 378 g/mol. The largest absolute Gasteiger partial charge is 0.380 e. The number of thiazole rings is 1. The quantitative estimate of drug-likeness (QED) is 0.777. The first-order valence-corrected chi connectivity index (χ1v) is 7.74. The van der Waals surface area contributed by atoms with E-state index < -0.39 is 11.6 Å². The Bertz CT molecular complexity index is 680. The highest BCUT2D eigenvalue weighted by molar-refractivity contribution is 7.15. The maximum Gasteiger partial charge on any atom is 0.228 e. The molecule has 0 radical (unpaired) electrons. The number of amides is 1. The number of rotatable bonds is 7. The molecule has 0 saturated carbocycles. The second kappa shape index (κ2) is 9.63. The summed E-state index contributed by atoms with van der Waals surface area (Å²) in [6, 6.07) is 3.45. The zero-order chi connectivity index (χ0) is 16.8. The van der Waals surface area contributed by atoms with Crippen LogP contribution in [0, 0.1) is 11.6 Å². The molecule has 0 aliphatic carbocycles. The van der Waals surface area contributed by atoms with E-state index in [-0.39, 0.29) is 43.8 Å². The highest BCUT2D eigenvalue weighted by Gasteiger charge is 2.14. The molecule has 2 aromatic rings. The summed E-state index contributed by atoms with van der Waals surface area (Å²) >= 11 is 1.24. The molecule has 132 valence electrons. The fraction of sp³-hybridized carbons (Fsp3) is 0.333. The number of carbonyl (C=O) groups excluding carboxylic acids is 1. The molecule has 5 nitrogen and oxygen atoms in total. The van der Waals surface area contributed by atoms with Gasteiger partial charge in [0.1, 0.15) is 11.6 Å². The molecular formula is C15H18ClF2N3O2S. The first-order valence-electron chi connectivity index (χ1n) is 6.93. The summed E-state index contributed by atoms with van der Waals surface area (Å²) in [6.07, 6.45) is 1.63. The van der Waals surface area contributed by atoms with Crippen molar-refractivity contribution in [2.24, 2.45) is 5.73 Å². The molecule has 24 heavy (non-hydrogen) atoms. The van der Waals surface area contributed by atoms with Crippen LogP contribution in [0.5, 0.6) is 0 Å². The standard InChI is InChI=1S/C15H17F2N3O2S.ClH/c1-22-11(7-18)6-14(21)20-15-19-8-12(23-15)4-9-2-3-10(16)5-13(9)17;/h2-3,5,8,11H,4,6-7,18H2,1H3,(H,19,20,21);1H. The van der Waals surface area contributed by atoms with E-state index in [1.807, 2.05) is 0 Å². The summed E-state index contributed by atoms with van der Waals surface area (Å²) < 4.78 is 31.5. The van der Waals surface area contributed by atoms with Crippen molar-refractivity contribution in [1.82, 2.24) is 4.98 Å². The summed E-state index contributed by atoms with van der Waals surface area (Å²) in [5, 5.41) is 3.07. The lowest BCUT2D eigenvalue weighted by Gasteiger charge is -2.11. The molecule has 0 fully saturated rings. The lowest BCUT2D eigenvalue weighted by molar-refractivity contribution is -0.118. The second-order valence-electron chi connectivity index (χ2n) is 4.89. The normalized spacial score (nSPS) is 11.7. The Morgan fingerprint density at radius 2 is 2.21 bits per heavy atom. The third-order valence-electron chi connectivity index (χ3n) is 3.19. The third-order valence-corrected chi connectivity index (χ3v) is 4.10. The minimum absolute atomic E-state index is 0. The molecule has 1 atom stereocenters. The molecule has 1 aromatic heterocycles. The molecule has 0 saturated heterocycles. The zero-order valence-electron chi connectivity index (χ0n) is 12.9. The lowest BCUT2D eigenvalue weighted by atomic mass is 10.1. The van der Waals surface area contributed by atoms with Crippen molar-refractivity contribution in [3.05, 3.63) is 46.5 Å². The van der Waals surface area contributed by atoms with Crippen molar-refractivity contribution in [2.45, 2.75) is 18.9 Å². The molecule has 0 spiro atoms. The third kappa shape index (κ3) is 5.79. The molecule has 0 aliphatic heterocycles. The van der Waals surface area contributed by atoms with Crippen LogP contribution in [0.25, 0.3) is 0 Å². The van der Waals surface area contributed by atoms with Gasteiger partial charge in [-0.1, -0.05) is 6.07 Å². The van der Waals surface area contributed by atoms with Gasteiger partial charge in [-0.25, -0.2) is 13.8 Å². The summed E-state index contributed by atoms with van der Waals surface area (Å²) in [6.45, 7) is 0.247. The van der Waals surface area contributed by atoms with Crippen molar-refractivity contribution >= 4 is 34.8 Å². The monoisotopic (exact) mass is 377 g/mol. The van der Waals surface area contributed by atoms with Gasteiger partial charge < -0.3 is 15.8 Å². The van der Waals surface area contributed by atoms with Crippen LogP contribution in [0.2, 0.25) is 0 Å². The number of anilines is 1. The average Bonchev–Trinajstić information content (AvgIpc) is 2.94. The number of benzene rings is 1. The van der Waals surface area contributed by atoms with E-state index in [1.54, 1.807) is 6.20 Å². The van der Waals surface area contributed by atoms with Crippen molar-refractivity contribution in [3.63, 3.8) is 0 Å². The van der Waals surface area contributed by atoms with Gasteiger partial charge in [0.2, 0.25) is 5.91 Å². The van der Waals surface area contributed by atoms with E-state index in [1.165, 1.54) is 30.6 Å². The Balaban J connectivity index is 0.00000288. The molecule has 1 unspecified atom stereocenters. The van der Waals surface area contributed by atoms with Gasteiger partial charge in [-0.15, -0.1) is 23.7 Å². The van der Waals surface area contributed by atoms with Crippen LogP contribution >= 0.6 is 23.7 Å². The highest BCUT2D eigenvalue weighted by atomic mass is 35.5. The van der Waals surface area contributed by atoms with Crippen LogP contribution in [-0.4, -0.2) is 30.6 Å². The number of hydrogen-bond acceptors (Lipinski definition) is 5. The lowest BCUT2D eigenvalue weighted by Crippen LogP contribution is -2.28. The molecule has 1 amide bonds. The predicted molar refractivity (Wildman–Crippen MR) is 91.6 cm³/mol. The van der Waals surface area contributed by atoms with E-state index in [0.29, 0.717) is 10.7 Å². The van der Waals surface area contributed by atoms with Gasteiger partial charge in [0, 0.05) is 37.2 Å². The first kappa shape index (κ1) is 20.4. The molecule has 9 heteroatoms. The Morgan fingerprint density at radius 3 is 2.83 bits per heavy atom. The summed E-state index contributed by atoms with van der Waals surface area (Å²) in [5.41, 5.74) is 5.83. The summed E-state index contributed by atoms with van der Waals surface area (Å²) in [7, 11) is 1.49. The number of halogens is 3. The predicted octanol–water partition coefficient (Wildman–Crippen LogP) is 2.74. The van der Waals surface area contributed by atoms with Gasteiger partial charge >= 0.3 is 0 Å². The fourth-order valence-electron chi connectivity index (χ4n) is 1.94. The number of ether oxygens (including phenoxy) is 1. The number of hydrogen-bond donors (Lipinski definition) is 2. The van der Waals surface area contributed by atoms with E-state index in [2.05, 4.69) is 10.3 Å². The van der Waals surface area contributed by atoms with Crippen LogP contribution in [0.15, 0.2) is 24.4 Å². The number of aromatic nitrogens is 1. The smallest absolute Gasteiger partial charge is 0.228 e. The van der Waals surface area contributed by atoms with Gasteiger partial charge in [0.15, 0.2) is 5.13 Å². The Hall–Kier alpha value is -1.61. The van der Waals surface area contributed by atoms with Crippen molar-refractivity contribution in [1.29, 1.82) is 0 Å². The van der Waals surface area contributed by atoms with Crippen molar-refractivity contribution in [2.75, 3.05) is 19.0 Å². The summed E-state index contributed by atoms with van der Waals surface area (Å²) in [4.78, 5) is 16.7. The van der Waals surface area contributed by atoms with Crippen LogP contribution in [-0.2, 0) is 16.0 Å². The maximum atomic E-state index is 13.6. The van der Waals surface area contributed by atoms with Gasteiger partial charge in [-0.05, 0) is 11.6 Å². The molecule has 1 aromatic carbocycles. The van der Waals surface area contributed by atoms with E-state index in [4.69, 9.17) is 10.5 Å². The van der Waals surface area contributed by atoms with Crippen LogP contribution in [0.3, 0.4) is 0 Å². The van der Waals surface area contributed by atoms with Gasteiger partial charge in [-0.2, -0.15) is 0 Å². The molecule has 1 heterocycles. The van der Waals surface area contributed by atoms with E-state index in [9.17, 15) is 13.6 Å². The SMILES string of the molecule is COC(CN)CC(=O)Nc1ncc(Cc2ccc(F)cc2F)s1.Cl. The minimum atomic E-state index is -0.615. The van der Waals surface area contributed by atoms with Crippen molar-refractivity contribution < 1.29 is 18.3 Å². The molecule has 3 N–H and O–H groups in total. The van der Waals surface area contributed by atoms with Crippen LogP contribution in [0.4, 0.5) is 13.9 Å². The van der Waals surface area contributed by atoms with Gasteiger partial charge in [0.05, 0.1) is 12.5 Å². The molecule has 0 bridgehead atoms. The Morgan fingerprint density at radius 1 is 1.46 bits per heavy atom. The summed E-state index contributed by atoms with van der Waals surface area (Å²) in [5.74, 6) is -1.47. The first-order chi connectivity index (χ1) is 11.0. The maximum absolute atomic E-state index is 13.6. The van der Waals surface area contributed by atoms with Gasteiger partial charge in [0.25, 0.3) is 0 Å². The number of nitrogens with zero attached hydrogens (tertiary/aromatic N) is 1. The minimum Gasteiger partial charge on any atom is -0.380 e. The van der Waals surface area contributed by atoms with Crippen LogP contribution < -0.4 is 11.1 Å². The Kier molecular flexibility index (Phi) is 8.20. The number of nitrogens with one attached hydrogen (secondary N) is 1. The number of methoxy groups -OCH3 is 1. The highest BCUT2D eigenvalue weighted by Crippen LogP contribution is 2.23. The molecule has 0 aliphatic rings. The topological polar surface area (TPSA) is 77.2 Å². The van der Waals surface area contributed by atoms with Gasteiger partial charge in [-0.3, -0.25) is 4.79 Å². The number of carbonyl (C=O) groups is 1. The Labute approximate surface area is 148 Å². The fourth-order valence-corrected chi connectivity index (χ4v) is 2.79. The van der Waals surface area contributed by atoms with Crippen LogP contribution in [0.1, 0.15) is 16.9 Å². The zero-order valence-corrected chi connectivity index (χ0v) is 14.6. The second-order valence-corrected chi connectivity index (χ2v) is 6.01. The number of nitrogens with two attached hydrogens (primary N) is 1. The molecular weight excluding hydrogens is 360 g/mol. The van der Waals surface area contributed by atoms with Crippen molar-refractivity contribution in [3.8, 4) is 0 Å². The van der Waals surface area contributed by atoms with E-state index in [0.717, 1.165) is 10.9 Å².